The third-order valence-corrected chi connectivity index (χ3v) is 4.33. The Hall–Kier alpha value is -2.78. The van der Waals surface area contributed by atoms with Gasteiger partial charge in [-0.25, -0.2) is 8.78 Å². The lowest BCUT2D eigenvalue weighted by Crippen LogP contribution is -2.03. The van der Waals surface area contributed by atoms with E-state index in [4.69, 9.17) is 4.42 Å². The maximum Gasteiger partial charge on any atom is 0.342 e. The number of benzene rings is 1. The summed E-state index contributed by atoms with van der Waals surface area (Å²) in [5.41, 5.74) is 1.41. The summed E-state index contributed by atoms with van der Waals surface area (Å²) in [5, 5.41) is 0.186. The molecule has 0 aliphatic rings. The Balaban J connectivity index is 1.94. The second kappa shape index (κ2) is 5.94. The van der Waals surface area contributed by atoms with Crippen molar-refractivity contribution in [2.24, 2.45) is 0 Å². The van der Waals surface area contributed by atoms with Gasteiger partial charge in [-0.05, 0) is 12.1 Å². The highest BCUT2D eigenvalue weighted by atomic mass is 32.2. The van der Waals surface area contributed by atoms with Crippen molar-refractivity contribution in [1.82, 2.24) is 19.4 Å². The van der Waals surface area contributed by atoms with Crippen LogP contribution < -0.4 is 0 Å². The van der Waals surface area contributed by atoms with E-state index in [2.05, 4.69) is 15.0 Å². The summed E-state index contributed by atoms with van der Waals surface area (Å²) in [5.74, 6) is -1.17. The molecule has 3 heterocycles. The molecule has 0 aliphatic carbocycles. The second-order valence-corrected chi connectivity index (χ2v) is 6.47. The number of fused-ring (bicyclic) bond motifs is 1. The molecule has 0 saturated heterocycles. The molecule has 0 saturated carbocycles. The summed E-state index contributed by atoms with van der Waals surface area (Å²) in [6, 6.07) is 3.26. The maximum absolute atomic E-state index is 14.2. The molecule has 25 heavy (non-hydrogen) atoms. The van der Waals surface area contributed by atoms with Gasteiger partial charge in [0.1, 0.15) is 29.8 Å². The van der Waals surface area contributed by atoms with Gasteiger partial charge in [-0.2, -0.15) is 15.0 Å². The number of halogens is 2. The van der Waals surface area contributed by atoms with Crippen molar-refractivity contribution < 1.29 is 17.8 Å². The summed E-state index contributed by atoms with van der Waals surface area (Å²) in [6.07, 6.45) is 7.49. The van der Waals surface area contributed by atoms with Gasteiger partial charge in [0, 0.05) is 47.0 Å². The summed E-state index contributed by atoms with van der Waals surface area (Å²) < 4.78 is 45.8. The normalized spacial score (nSPS) is 12.6. The van der Waals surface area contributed by atoms with Gasteiger partial charge in [-0.3, -0.25) is 4.40 Å². The summed E-state index contributed by atoms with van der Waals surface area (Å²) in [6.45, 7) is 0. The van der Waals surface area contributed by atoms with E-state index in [0.717, 1.165) is 12.1 Å². The summed E-state index contributed by atoms with van der Waals surface area (Å²) in [7, 11) is 0. The molecular formula is C16H10F2N4O2S. The molecule has 0 aliphatic heterocycles. The quantitative estimate of drug-likeness (QED) is 0.414. The Kier molecular flexibility index (Phi) is 3.74. The minimum atomic E-state index is -1.32. The SMILES string of the molecule is C[S+]([O-])c1ncc(-c2c(-c3ccc(F)cc3F)nc3occn23)cn1. The average Bonchev–Trinajstić information content (AvgIpc) is 3.15. The second-order valence-electron chi connectivity index (χ2n) is 5.20. The van der Waals surface area contributed by atoms with Gasteiger partial charge < -0.3 is 8.97 Å². The number of hydrogen-bond donors (Lipinski definition) is 0. The molecule has 1 aromatic carbocycles. The fourth-order valence-electron chi connectivity index (χ4n) is 2.52. The topological polar surface area (TPSA) is 79.3 Å². The van der Waals surface area contributed by atoms with Crippen LogP contribution in [0.2, 0.25) is 0 Å². The molecule has 0 fully saturated rings. The first kappa shape index (κ1) is 15.7. The first-order valence-corrected chi connectivity index (χ1v) is 8.67. The molecule has 0 N–H and O–H groups in total. The van der Waals surface area contributed by atoms with Crippen LogP contribution in [0.25, 0.3) is 28.4 Å². The van der Waals surface area contributed by atoms with Crippen molar-refractivity contribution >= 4 is 17.0 Å². The van der Waals surface area contributed by atoms with Crippen LogP contribution in [-0.4, -0.2) is 30.2 Å². The summed E-state index contributed by atoms with van der Waals surface area (Å²) in [4.78, 5) is 12.4. The first-order chi connectivity index (χ1) is 12.0. The van der Waals surface area contributed by atoms with Crippen LogP contribution in [0.1, 0.15) is 0 Å². The van der Waals surface area contributed by atoms with Crippen LogP contribution in [0, 0.1) is 11.6 Å². The van der Waals surface area contributed by atoms with E-state index in [0.29, 0.717) is 11.3 Å². The van der Waals surface area contributed by atoms with Gasteiger partial charge >= 0.3 is 11.0 Å². The van der Waals surface area contributed by atoms with Crippen molar-refractivity contribution in [3.63, 3.8) is 0 Å². The zero-order chi connectivity index (χ0) is 17.6. The molecule has 1 atom stereocenters. The predicted molar refractivity (Wildman–Crippen MR) is 86.2 cm³/mol. The third-order valence-electron chi connectivity index (χ3n) is 3.61. The van der Waals surface area contributed by atoms with Gasteiger partial charge in [-0.1, -0.05) is 0 Å². The molecule has 0 bridgehead atoms. The van der Waals surface area contributed by atoms with Crippen molar-refractivity contribution in [3.8, 4) is 22.5 Å². The van der Waals surface area contributed by atoms with Crippen molar-refractivity contribution in [1.29, 1.82) is 0 Å². The average molecular weight is 360 g/mol. The Morgan fingerprint density at radius 3 is 2.64 bits per heavy atom. The molecule has 4 aromatic rings. The molecule has 6 nitrogen and oxygen atoms in total. The molecule has 9 heteroatoms. The fourth-order valence-corrected chi connectivity index (χ4v) is 2.92. The van der Waals surface area contributed by atoms with Gasteiger partial charge in [0.15, 0.2) is 0 Å². The van der Waals surface area contributed by atoms with Crippen molar-refractivity contribution in [2.75, 3.05) is 6.26 Å². The van der Waals surface area contributed by atoms with Gasteiger partial charge in [0.25, 0.3) is 0 Å². The van der Waals surface area contributed by atoms with Crippen LogP contribution >= 0.6 is 0 Å². The van der Waals surface area contributed by atoms with E-state index >= 15 is 0 Å². The number of nitrogens with zero attached hydrogens (tertiary/aromatic N) is 4. The molecule has 0 spiro atoms. The molecule has 0 radical (unpaired) electrons. The minimum Gasteiger partial charge on any atom is -0.609 e. The molecular weight excluding hydrogens is 350 g/mol. The number of hydrogen-bond acceptors (Lipinski definition) is 5. The minimum absolute atomic E-state index is 0.124. The lowest BCUT2D eigenvalue weighted by Gasteiger charge is -2.06. The molecule has 1 unspecified atom stereocenters. The van der Waals surface area contributed by atoms with E-state index in [-0.39, 0.29) is 22.3 Å². The number of imidazole rings is 1. The first-order valence-electron chi connectivity index (χ1n) is 7.11. The fraction of sp³-hybridized carbons (Fsp3) is 0.0625. The van der Waals surface area contributed by atoms with E-state index in [1.807, 2.05) is 0 Å². The van der Waals surface area contributed by atoms with Gasteiger partial charge in [0.2, 0.25) is 0 Å². The van der Waals surface area contributed by atoms with Gasteiger partial charge in [-0.15, -0.1) is 0 Å². The monoisotopic (exact) mass is 360 g/mol. The highest BCUT2D eigenvalue weighted by Crippen LogP contribution is 2.34. The molecule has 3 aromatic heterocycles. The highest BCUT2D eigenvalue weighted by molar-refractivity contribution is 7.90. The van der Waals surface area contributed by atoms with Gasteiger partial charge in [0.05, 0.1) is 5.69 Å². The number of rotatable bonds is 3. The predicted octanol–water partition coefficient (Wildman–Crippen LogP) is 3.07. The Labute approximate surface area is 143 Å². The zero-order valence-electron chi connectivity index (χ0n) is 12.8. The Morgan fingerprint density at radius 2 is 1.96 bits per heavy atom. The highest BCUT2D eigenvalue weighted by Gasteiger charge is 2.21. The van der Waals surface area contributed by atoms with Crippen molar-refractivity contribution in [2.45, 2.75) is 5.16 Å². The number of aromatic nitrogens is 4. The van der Waals surface area contributed by atoms with E-state index in [9.17, 15) is 13.3 Å². The maximum atomic E-state index is 14.2. The van der Waals surface area contributed by atoms with Crippen LogP contribution in [0.5, 0.6) is 0 Å². The Morgan fingerprint density at radius 1 is 1.20 bits per heavy atom. The lowest BCUT2D eigenvalue weighted by atomic mass is 10.1. The van der Waals surface area contributed by atoms with E-state index in [1.54, 1.807) is 10.6 Å². The molecule has 0 amide bonds. The largest absolute Gasteiger partial charge is 0.609 e. The third kappa shape index (κ3) is 2.67. The van der Waals surface area contributed by atoms with Crippen molar-refractivity contribution in [3.05, 3.63) is 54.7 Å². The standard InChI is InChI=1S/C16H10F2N4O2S/c1-25(23)15-19-7-9(8-20-15)14-13(21-16-22(14)4-5-24-16)11-3-2-10(17)6-12(11)18/h2-8H,1H3. The van der Waals surface area contributed by atoms with Crippen LogP contribution in [0.4, 0.5) is 8.78 Å². The number of oxazole rings is 1. The van der Waals surface area contributed by atoms with Crippen LogP contribution in [0.15, 0.2) is 52.6 Å². The Bertz CT molecular complexity index is 1060. The molecule has 4 rings (SSSR count). The molecule has 126 valence electrons. The lowest BCUT2D eigenvalue weighted by molar-refractivity contribution is 0.585. The van der Waals surface area contributed by atoms with Crippen LogP contribution in [-0.2, 0) is 11.2 Å². The summed E-state index contributed by atoms with van der Waals surface area (Å²) >= 11 is -1.32. The zero-order valence-corrected chi connectivity index (χ0v) is 13.6. The van der Waals surface area contributed by atoms with E-state index < -0.39 is 22.8 Å². The smallest absolute Gasteiger partial charge is 0.342 e. The van der Waals surface area contributed by atoms with E-state index in [1.165, 1.54) is 31.0 Å². The van der Waals surface area contributed by atoms with Crippen LogP contribution in [0.3, 0.4) is 0 Å².